The Morgan fingerprint density at radius 2 is 1.89 bits per heavy atom. The molecule has 4 aromatic rings. The van der Waals surface area contributed by atoms with E-state index in [2.05, 4.69) is 9.97 Å². The van der Waals surface area contributed by atoms with E-state index in [-0.39, 0.29) is 10.1 Å². The summed E-state index contributed by atoms with van der Waals surface area (Å²) in [7, 11) is -2.01. The molecule has 0 unspecified atom stereocenters. The summed E-state index contributed by atoms with van der Waals surface area (Å²) in [5.41, 5.74) is 2.82. The fourth-order valence-electron chi connectivity index (χ4n) is 2.65. The van der Waals surface area contributed by atoms with Gasteiger partial charge in [-0.25, -0.2) is 18.4 Å². The van der Waals surface area contributed by atoms with E-state index in [9.17, 15) is 8.42 Å². The fraction of sp³-hybridized carbons (Fsp3) is 0.158. The molecule has 2 aromatic heterocycles. The first-order valence-electron chi connectivity index (χ1n) is 8.13. The molecule has 4 rings (SSSR count). The van der Waals surface area contributed by atoms with Crippen molar-refractivity contribution in [3.8, 4) is 17.2 Å². The molecular weight excluding hydrogens is 384 g/mol. The molecule has 0 saturated carbocycles. The van der Waals surface area contributed by atoms with E-state index in [0.717, 1.165) is 21.6 Å². The molecule has 0 aliphatic rings. The van der Waals surface area contributed by atoms with Gasteiger partial charge in [-0.3, -0.25) is 0 Å². The molecular formula is C19H16N2O4S2. The topological polar surface area (TPSA) is 82.3 Å². The molecule has 27 heavy (non-hydrogen) atoms. The van der Waals surface area contributed by atoms with E-state index in [1.165, 1.54) is 17.6 Å². The van der Waals surface area contributed by atoms with Gasteiger partial charge in [0, 0.05) is 5.56 Å². The molecule has 0 aliphatic heterocycles. The zero-order chi connectivity index (χ0) is 19.0. The van der Waals surface area contributed by atoms with Gasteiger partial charge in [-0.05, 0) is 48.9 Å². The molecule has 0 fully saturated rings. The van der Waals surface area contributed by atoms with Gasteiger partial charge < -0.3 is 9.15 Å². The number of aryl methyl sites for hydroxylation is 1. The van der Waals surface area contributed by atoms with Crippen LogP contribution in [0.5, 0.6) is 5.75 Å². The first-order chi connectivity index (χ1) is 12.9. The smallest absolute Gasteiger partial charge is 0.226 e. The Bertz CT molecular complexity index is 1210. The van der Waals surface area contributed by atoms with Crippen LogP contribution in [0.25, 0.3) is 21.7 Å². The number of ether oxygens (including phenoxy) is 1. The lowest BCUT2D eigenvalue weighted by Crippen LogP contribution is -2.04. The van der Waals surface area contributed by atoms with Crippen molar-refractivity contribution in [2.75, 3.05) is 7.11 Å². The molecule has 0 N–H and O–H groups in total. The number of rotatable bonds is 5. The Balaban J connectivity index is 1.59. The van der Waals surface area contributed by atoms with Crippen molar-refractivity contribution in [3.63, 3.8) is 0 Å². The first-order valence-corrected chi connectivity index (χ1v) is 10.6. The Kier molecular flexibility index (Phi) is 4.45. The van der Waals surface area contributed by atoms with E-state index >= 15 is 0 Å². The Morgan fingerprint density at radius 1 is 1.11 bits per heavy atom. The second-order valence-corrected chi connectivity index (χ2v) is 9.28. The third kappa shape index (κ3) is 3.58. The van der Waals surface area contributed by atoms with Crippen LogP contribution in [0.4, 0.5) is 0 Å². The van der Waals surface area contributed by atoms with Crippen molar-refractivity contribution in [2.45, 2.75) is 17.0 Å². The number of aromatic nitrogens is 2. The predicted molar refractivity (Wildman–Crippen MR) is 104 cm³/mol. The van der Waals surface area contributed by atoms with Crippen molar-refractivity contribution in [1.82, 2.24) is 9.97 Å². The Labute approximate surface area is 160 Å². The molecule has 6 nitrogen and oxygen atoms in total. The summed E-state index contributed by atoms with van der Waals surface area (Å²) in [6.45, 7) is 1.95. The molecule has 2 aromatic carbocycles. The summed E-state index contributed by atoms with van der Waals surface area (Å²) >= 11 is 1.17. The highest BCUT2D eigenvalue weighted by atomic mass is 32.2. The lowest BCUT2D eigenvalue weighted by Gasteiger charge is -1.99. The molecule has 138 valence electrons. The average molecular weight is 400 g/mol. The van der Waals surface area contributed by atoms with E-state index in [0.29, 0.717) is 17.1 Å². The molecule has 0 atom stereocenters. The van der Waals surface area contributed by atoms with Gasteiger partial charge in [0.2, 0.25) is 20.1 Å². The second-order valence-electron chi connectivity index (χ2n) is 6.08. The lowest BCUT2D eigenvalue weighted by molar-refractivity contribution is 0.415. The maximum absolute atomic E-state index is 12.7. The zero-order valence-electron chi connectivity index (χ0n) is 14.7. The summed E-state index contributed by atoms with van der Waals surface area (Å²) in [4.78, 5) is 8.59. The largest absolute Gasteiger partial charge is 0.497 e. The molecule has 0 amide bonds. The quantitative estimate of drug-likeness (QED) is 0.498. The minimum absolute atomic E-state index is 0.0945. The maximum atomic E-state index is 12.7. The van der Waals surface area contributed by atoms with Crippen LogP contribution in [0.2, 0.25) is 0 Å². The van der Waals surface area contributed by atoms with Crippen LogP contribution in [0.3, 0.4) is 0 Å². The SMILES string of the molecule is COc1ccc(-c2nc(CS(=O)(=O)c3nc4cc(C)ccc4s3)co2)cc1. The van der Waals surface area contributed by atoms with Gasteiger partial charge >= 0.3 is 0 Å². The highest BCUT2D eigenvalue weighted by molar-refractivity contribution is 7.92. The van der Waals surface area contributed by atoms with Gasteiger partial charge in [0.1, 0.15) is 17.8 Å². The van der Waals surface area contributed by atoms with Crippen molar-refractivity contribution in [3.05, 3.63) is 60.0 Å². The lowest BCUT2D eigenvalue weighted by atomic mass is 10.2. The molecule has 0 saturated heterocycles. The molecule has 2 heterocycles. The number of hydrogen-bond donors (Lipinski definition) is 0. The van der Waals surface area contributed by atoms with Crippen LogP contribution in [0.15, 0.2) is 57.5 Å². The Morgan fingerprint density at radius 3 is 2.63 bits per heavy atom. The normalized spacial score (nSPS) is 11.8. The number of oxazole rings is 1. The van der Waals surface area contributed by atoms with E-state index in [4.69, 9.17) is 9.15 Å². The highest BCUT2D eigenvalue weighted by Gasteiger charge is 2.22. The van der Waals surface area contributed by atoms with Gasteiger partial charge in [0.25, 0.3) is 0 Å². The summed E-state index contributed by atoms with van der Waals surface area (Å²) in [6.07, 6.45) is 1.37. The van der Waals surface area contributed by atoms with E-state index in [1.54, 1.807) is 31.4 Å². The average Bonchev–Trinajstić information content (AvgIpc) is 3.28. The minimum atomic E-state index is -3.60. The standard InChI is InChI=1S/C19H16N2O4S2/c1-12-3-8-17-16(9-12)21-19(26-17)27(22,23)11-14-10-25-18(20-14)13-4-6-15(24-2)7-5-13/h3-10H,11H2,1-2H3. The van der Waals surface area contributed by atoms with E-state index < -0.39 is 9.84 Å². The molecule has 0 aliphatic carbocycles. The molecule has 8 heteroatoms. The summed E-state index contributed by atoms with van der Waals surface area (Å²) in [5.74, 6) is 0.827. The number of methoxy groups -OCH3 is 1. The van der Waals surface area contributed by atoms with Crippen molar-refractivity contribution in [1.29, 1.82) is 0 Å². The van der Waals surface area contributed by atoms with Crippen LogP contribution in [0, 0.1) is 6.92 Å². The van der Waals surface area contributed by atoms with Gasteiger partial charge in [0.05, 0.1) is 23.0 Å². The first kappa shape index (κ1) is 17.7. The van der Waals surface area contributed by atoms with Crippen molar-refractivity contribution < 1.29 is 17.6 Å². The number of sulfone groups is 1. The third-order valence-corrected chi connectivity index (χ3v) is 7.16. The third-order valence-electron chi connectivity index (χ3n) is 4.02. The summed E-state index contributed by atoms with van der Waals surface area (Å²) < 4.78 is 37.0. The number of thiazole rings is 1. The number of benzene rings is 2. The van der Waals surface area contributed by atoms with Crippen molar-refractivity contribution >= 4 is 31.4 Å². The molecule has 0 spiro atoms. The summed E-state index contributed by atoms with van der Waals surface area (Å²) in [6, 6.07) is 12.9. The van der Waals surface area contributed by atoms with Crippen LogP contribution in [-0.2, 0) is 15.6 Å². The molecule has 0 radical (unpaired) electrons. The maximum Gasteiger partial charge on any atom is 0.226 e. The summed E-state index contributed by atoms with van der Waals surface area (Å²) in [5, 5.41) is 0. The van der Waals surface area contributed by atoms with Crippen LogP contribution in [-0.4, -0.2) is 25.5 Å². The van der Waals surface area contributed by atoms with Crippen LogP contribution in [0.1, 0.15) is 11.3 Å². The van der Waals surface area contributed by atoms with Crippen molar-refractivity contribution in [2.24, 2.45) is 0 Å². The van der Waals surface area contributed by atoms with Gasteiger partial charge in [0.15, 0.2) is 0 Å². The molecule has 0 bridgehead atoms. The predicted octanol–water partition coefficient (Wildman–Crippen LogP) is 4.24. The van der Waals surface area contributed by atoms with Crippen LogP contribution < -0.4 is 4.74 Å². The van der Waals surface area contributed by atoms with Gasteiger partial charge in [-0.2, -0.15) is 0 Å². The number of hydrogen-bond acceptors (Lipinski definition) is 7. The Hall–Kier alpha value is -2.71. The van der Waals surface area contributed by atoms with Gasteiger partial charge in [-0.1, -0.05) is 6.07 Å². The van der Waals surface area contributed by atoms with E-state index in [1.807, 2.05) is 25.1 Å². The number of fused-ring (bicyclic) bond motifs is 1. The highest BCUT2D eigenvalue weighted by Crippen LogP contribution is 2.29. The second kappa shape index (κ2) is 6.79. The van der Waals surface area contributed by atoms with Crippen LogP contribution >= 0.6 is 11.3 Å². The zero-order valence-corrected chi connectivity index (χ0v) is 16.3. The number of nitrogens with zero attached hydrogens (tertiary/aromatic N) is 2. The monoisotopic (exact) mass is 400 g/mol. The van der Waals surface area contributed by atoms with Gasteiger partial charge in [-0.15, -0.1) is 11.3 Å². The fourth-order valence-corrected chi connectivity index (χ4v) is 5.16. The minimum Gasteiger partial charge on any atom is -0.497 e.